The van der Waals surface area contributed by atoms with Crippen molar-refractivity contribution in [1.82, 2.24) is 0 Å². The zero-order chi connectivity index (χ0) is 24.8. The number of allylic oxidation sites excluding steroid dienone is 1. The summed E-state index contributed by atoms with van der Waals surface area (Å²) in [6.45, 7) is 5.93. The second kappa shape index (κ2) is 9.06. The first-order chi connectivity index (χ1) is 15.9. The van der Waals surface area contributed by atoms with Crippen LogP contribution in [0.1, 0.15) is 75.2 Å². The van der Waals surface area contributed by atoms with E-state index in [-0.39, 0.29) is 34.4 Å². The number of fused-ring (bicyclic) bond motifs is 1. The number of carbonyl (C=O) groups excluding carboxylic acids is 2. The van der Waals surface area contributed by atoms with Crippen LogP contribution in [0.15, 0.2) is 40.5 Å². The van der Waals surface area contributed by atoms with Crippen molar-refractivity contribution in [2.75, 3.05) is 7.11 Å². The molecule has 1 heterocycles. The maximum Gasteiger partial charge on any atom is 0.416 e. The molecule has 0 aromatic heterocycles. The van der Waals surface area contributed by atoms with Crippen molar-refractivity contribution in [3.63, 3.8) is 0 Å². The van der Waals surface area contributed by atoms with Gasteiger partial charge in [0.15, 0.2) is 5.78 Å². The molecule has 1 aromatic carbocycles. The van der Waals surface area contributed by atoms with Gasteiger partial charge in [-0.25, -0.2) is 0 Å². The van der Waals surface area contributed by atoms with Gasteiger partial charge in [-0.15, -0.1) is 0 Å². The molecule has 0 radical (unpaired) electrons. The van der Waals surface area contributed by atoms with E-state index in [0.717, 1.165) is 43.5 Å². The van der Waals surface area contributed by atoms with Gasteiger partial charge in [-0.05, 0) is 49.7 Å². The third kappa shape index (κ3) is 4.64. The van der Waals surface area contributed by atoms with Crippen LogP contribution in [0.25, 0.3) is 0 Å². The van der Waals surface area contributed by atoms with E-state index < -0.39 is 23.8 Å². The molecule has 0 spiro atoms. The third-order valence-corrected chi connectivity index (χ3v) is 7.62. The summed E-state index contributed by atoms with van der Waals surface area (Å²) in [6.07, 6.45) is 0.0615. The molecule has 0 N–H and O–H groups in total. The molecule has 2 saturated carbocycles. The van der Waals surface area contributed by atoms with Gasteiger partial charge in [0.05, 0.1) is 23.3 Å². The first-order valence-electron chi connectivity index (χ1n) is 12.0. The molecule has 3 atom stereocenters. The monoisotopic (exact) mass is 475 g/mol. The van der Waals surface area contributed by atoms with Gasteiger partial charge < -0.3 is 4.74 Å². The first kappa shape index (κ1) is 24.8. The number of alkyl halides is 3. The SMILES string of the molecule is COC(C)C1=C(C(=O)c2ccc(C(F)(F)F)cc2)C(C2CCCC2)C2C(=O)CC(C)(C)CC2=N1. The van der Waals surface area contributed by atoms with Crippen molar-refractivity contribution in [2.45, 2.75) is 71.6 Å². The highest BCUT2D eigenvalue weighted by atomic mass is 19.4. The Morgan fingerprint density at radius 1 is 1.12 bits per heavy atom. The number of rotatable bonds is 5. The highest BCUT2D eigenvalue weighted by Crippen LogP contribution is 2.50. The number of carbonyl (C=O) groups is 2. The molecular formula is C27H32F3NO3. The summed E-state index contributed by atoms with van der Waals surface area (Å²) >= 11 is 0. The molecule has 2 aliphatic carbocycles. The lowest BCUT2D eigenvalue weighted by molar-refractivity contribution is -0.137. The largest absolute Gasteiger partial charge is 0.416 e. The molecule has 3 aliphatic rings. The minimum Gasteiger partial charge on any atom is -0.375 e. The van der Waals surface area contributed by atoms with Crippen molar-refractivity contribution >= 4 is 17.3 Å². The van der Waals surface area contributed by atoms with Gasteiger partial charge in [0.25, 0.3) is 0 Å². The van der Waals surface area contributed by atoms with Crippen LogP contribution >= 0.6 is 0 Å². The van der Waals surface area contributed by atoms with E-state index in [0.29, 0.717) is 24.1 Å². The standard InChI is InChI=1S/C27H32F3NO3/c1-15(34-4)24-23(25(33)17-9-11-18(12-10-17)27(28,29)30)21(16-7-5-6-8-16)22-19(31-24)13-26(2,3)14-20(22)32/h9-12,15-16,21-22H,5-8,13-14H2,1-4H3. The summed E-state index contributed by atoms with van der Waals surface area (Å²) in [4.78, 5) is 32.2. The second-order valence-corrected chi connectivity index (χ2v) is 10.7. The topological polar surface area (TPSA) is 55.7 Å². The van der Waals surface area contributed by atoms with Crippen LogP contribution in [0.3, 0.4) is 0 Å². The second-order valence-electron chi connectivity index (χ2n) is 10.7. The Bertz CT molecular complexity index is 1030. The van der Waals surface area contributed by atoms with Crippen LogP contribution in [0.2, 0.25) is 0 Å². The fraction of sp³-hybridized carbons (Fsp3) is 0.593. The quantitative estimate of drug-likeness (QED) is 0.460. The zero-order valence-electron chi connectivity index (χ0n) is 20.2. The van der Waals surface area contributed by atoms with Crippen LogP contribution in [0.4, 0.5) is 13.2 Å². The highest BCUT2D eigenvalue weighted by molar-refractivity contribution is 6.15. The van der Waals surface area contributed by atoms with Crippen molar-refractivity contribution in [1.29, 1.82) is 0 Å². The molecule has 3 unspecified atom stereocenters. The average molecular weight is 476 g/mol. The van der Waals surface area contributed by atoms with Gasteiger partial charge in [-0.2, -0.15) is 13.2 Å². The van der Waals surface area contributed by atoms with Crippen LogP contribution in [-0.4, -0.2) is 30.5 Å². The summed E-state index contributed by atoms with van der Waals surface area (Å²) in [7, 11) is 1.55. The predicted octanol–water partition coefficient (Wildman–Crippen LogP) is 6.44. The molecule has 4 nitrogen and oxygen atoms in total. The van der Waals surface area contributed by atoms with E-state index in [1.165, 1.54) is 12.1 Å². The van der Waals surface area contributed by atoms with Crippen LogP contribution in [-0.2, 0) is 15.7 Å². The lowest BCUT2D eigenvalue weighted by Crippen LogP contribution is -2.47. The molecule has 1 aliphatic heterocycles. The molecular weight excluding hydrogens is 443 g/mol. The molecule has 184 valence electrons. The van der Waals surface area contributed by atoms with Gasteiger partial charge in [0, 0.05) is 36.3 Å². The van der Waals surface area contributed by atoms with E-state index in [1.807, 2.05) is 6.92 Å². The van der Waals surface area contributed by atoms with Gasteiger partial charge in [0.2, 0.25) is 0 Å². The molecule has 4 rings (SSSR count). The molecule has 2 fully saturated rings. The Labute approximate surface area is 198 Å². The van der Waals surface area contributed by atoms with Crippen LogP contribution < -0.4 is 0 Å². The first-order valence-corrected chi connectivity index (χ1v) is 12.0. The Morgan fingerprint density at radius 3 is 2.29 bits per heavy atom. The van der Waals surface area contributed by atoms with Crippen molar-refractivity contribution in [3.05, 3.63) is 46.7 Å². The molecule has 0 amide bonds. The number of Topliss-reactive ketones (excluding diaryl/α,β-unsaturated/α-hetero) is 2. The van der Waals surface area contributed by atoms with Crippen molar-refractivity contribution in [2.24, 2.45) is 28.2 Å². The average Bonchev–Trinajstić information content (AvgIpc) is 3.30. The van der Waals surface area contributed by atoms with Crippen LogP contribution in [0.5, 0.6) is 0 Å². The number of hydrogen-bond acceptors (Lipinski definition) is 4. The Hall–Kier alpha value is -2.28. The van der Waals surface area contributed by atoms with Gasteiger partial charge >= 0.3 is 6.18 Å². The van der Waals surface area contributed by atoms with Gasteiger partial charge in [0.1, 0.15) is 5.78 Å². The van der Waals surface area contributed by atoms with E-state index in [9.17, 15) is 22.8 Å². The summed E-state index contributed by atoms with van der Waals surface area (Å²) in [5, 5.41) is 0. The number of benzene rings is 1. The lowest BCUT2D eigenvalue weighted by atomic mass is 9.61. The zero-order valence-corrected chi connectivity index (χ0v) is 20.2. The molecule has 34 heavy (non-hydrogen) atoms. The fourth-order valence-corrected chi connectivity index (χ4v) is 5.98. The summed E-state index contributed by atoms with van der Waals surface area (Å²) in [5.41, 5.74) is 0.951. The van der Waals surface area contributed by atoms with Crippen LogP contribution in [0, 0.1) is 23.2 Å². The summed E-state index contributed by atoms with van der Waals surface area (Å²) in [5.74, 6) is -0.856. The molecule has 0 bridgehead atoms. The summed E-state index contributed by atoms with van der Waals surface area (Å²) < 4.78 is 44.8. The minimum absolute atomic E-state index is 0.105. The third-order valence-electron chi connectivity index (χ3n) is 7.62. The van der Waals surface area contributed by atoms with Gasteiger partial charge in [-0.1, -0.05) is 38.8 Å². The summed E-state index contributed by atoms with van der Waals surface area (Å²) in [6, 6.07) is 4.32. The molecule has 1 aromatic rings. The smallest absolute Gasteiger partial charge is 0.375 e. The normalized spacial score (nSPS) is 26.3. The lowest BCUT2D eigenvalue weighted by Gasteiger charge is -2.44. The number of ketones is 2. The number of methoxy groups -OCH3 is 1. The van der Waals surface area contributed by atoms with E-state index in [1.54, 1.807) is 7.11 Å². The van der Waals surface area contributed by atoms with Gasteiger partial charge in [-0.3, -0.25) is 14.6 Å². The maximum atomic E-state index is 13.9. The Morgan fingerprint density at radius 2 is 1.74 bits per heavy atom. The van der Waals surface area contributed by atoms with E-state index in [4.69, 9.17) is 9.73 Å². The van der Waals surface area contributed by atoms with E-state index >= 15 is 0 Å². The fourth-order valence-electron chi connectivity index (χ4n) is 5.98. The highest BCUT2D eigenvalue weighted by Gasteiger charge is 2.50. The maximum absolute atomic E-state index is 13.9. The van der Waals surface area contributed by atoms with Crippen molar-refractivity contribution in [3.8, 4) is 0 Å². The number of aliphatic imine (C=N–C) groups is 1. The number of nitrogens with zero attached hydrogens (tertiary/aromatic N) is 1. The van der Waals surface area contributed by atoms with Crippen molar-refractivity contribution < 1.29 is 27.5 Å². The molecule has 7 heteroatoms. The minimum atomic E-state index is -4.48. The predicted molar refractivity (Wildman–Crippen MR) is 124 cm³/mol. The number of hydrogen-bond donors (Lipinski definition) is 0. The van der Waals surface area contributed by atoms with E-state index in [2.05, 4.69) is 13.8 Å². The molecule has 0 saturated heterocycles. The Kier molecular flexibility index (Phi) is 6.62. The number of halogens is 3. The Balaban J connectivity index is 1.87. The number of ether oxygens (including phenoxy) is 1.